The van der Waals surface area contributed by atoms with Gasteiger partial charge in [-0.15, -0.1) is 0 Å². The van der Waals surface area contributed by atoms with Crippen LogP contribution in [0, 0.1) is 28.6 Å². The van der Waals surface area contributed by atoms with Crippen LogP contribution in [-0.4, -0.2) is 61.3 Å². The van der Waals surface area contributed by atoms with Crippen molar-refractivity contribution >= 4 is 5.78 Å². The number of fused-ring (bicyclic) bond motifs is 5. The van der Waals surface area contributed by atoms with Gasteiger partial charge in [0.2, 0.25) is 0 Å². The summed E-state index contributed by atoms with van der Waals surface area (Å²) in [6.07, 6.45) is 4.53. The topological polar surface area (TPSA) is 118 Å². The maximum Gasteiger partial charge on any atom is 0.178 e. The van der Waals surface area contributed by atoms with E-state index in [2.05, 4.69) is 0 Å². The van der Waals surface area contributed by atoms with Crippen molar-refractivity contribution in [2.45, 2.75) is 69.9 Å². The fraction of sp³-hybridized carbons (Fsp3) is 0.773. The molecular weight excluding hydrogens is 360 g/mol. The lowest BCUT2D eigenvalue weighted by molar-refractivity contribution is -0.212. The highest BCUT2D eigenvalue weighted by atomic mass is 16.4. The summed E-state index contributed by atoms with van der Waals surface area (Å²) in [6, 6.07) is 0. The Morgan fingerprint density at radius 3 is 2.54 bits per heavy atom. The molecule has 0 aromatic carbocycles. The van der Waals surface area contributed by atoms with E-state index in [4.69, 9.17) is 0 Å². The molecule has 4 rings (SSSR count). The Labute approximate surface area is 165 Å². The van der Waals surface area contributed by atoms with Crippen LogP contribution < -0.4 is 0 Å². The van der Waals surface area contributed by atoms with Crippen molar-refractivity contribution in [3.05, 3.63) is 23.8 Å². The first kappa shape index (κ1) is 20.2. The number of hydrogen-bond donors (Lipinski definition) is 5. The zero-order valence-corrected chi connectivity index (χ0v) is 16.8. The van der Waals surface area contributed by atoms with Gasteiger partial charge in [0.25, 0.3) is 0 Å². The largest absolute Gasteiger partial charge is 0.394 e. The van der Waals surface area contributed by atoms with Gasteiger partial charge in [0, 0.05) is 16.7 Å². The number of carbonyl (C=O) groups is 1. The van der Waals surface area contributed by atoms with E-state index in [0.29, 0.717) is 31.3 Å². The summed E-state index contributed by atoms with van der Waals surface area (Å²) in [5.74, 6) is -0.427. The molecule has 6 heteroatoms. The van der Waals surface area contributed by atoms with Crippen LogP contribution in [0.4, 0.5) is 0 Å². The number of ketones is 1. The van der Waals surface area contributed by atoms with Crippen molar-refractivity contribution in [2.75, 3.05) is 6.61 Å². The van der Waals surface area contributed by atoms with Crippen LogP contribution >= 0.6 is 0 Å². The molecule has 4 aliphatic rings. The van der Waals surface area contributed by atoms with Crippen LogP contribution in [0.1, 0.15) is 46.5 Å². The van der Waals surface area contributed by atoms with Gasteiger partial charge in [0.05, 0.1) is 23.9 Å². The van der Waals surface area contributed by atoms with E-state index >= 15 is 0 Å². The molecule has 3 saturated carbocycles. The van der Waals surface area contributed by atoms with E-state index in [9.17, 15) is 30.3 Å². The van der Waals surface area contributed by atoms with Crippen molar-refractivity contribution in [1.29, 1.82) is 0 Å². The summed E-state index contributed by atoms with van der Waals surface area (Å²) in [7, 11) is 0. The van der Waals surface area contributed by atoms with Crippen molar-refractivity contribution in [1.82, 2.24) is 0 Å². The quantitative estimate of drug-likeness (QED) is 0.472. The molecule has 0 amide bonds. The molecule has 5 N–H and O–H groups in total. The number of rotatable bonds is 2. The van der Waals surface area contributed by atoms with Gasteiger partial charge >= 0.3 is 0 Å². The average Bonchev–Trinajstić information content (AvgIpc) is 2.87. The SMILES string of the molecule is C[C@]12C=CC(=O)C=C1[C@](C)(O)C[C@@H]1[C@@H]2[C@@H](O)C[C@@]2(C)[C@H]1CC[C@]2(O)[C@@H](O)CO. The van der Waals surface area contributed by atoms with Crippen LogP contribution in [0.3, 0.4) is 0 Å². The van der Waals surface area contributed by atoms with Gasteiger partial charge in [-0.1, -0.05) is 19.9 Å². The fourth-order valence-corrected chi connectivity index (χ4v) is 7.51. The van der Waals surface area contributed by atoms with Crippen LogP contribution in [-0.2, 0) is 4.79 Å². The summed E-state index contributed by atoms with van der Waals surface area (Å²) in [4.78, 5) is 12.0. The molecule has 0 aromatic heterocycles. The van der Waals surface area contributed by atoms with Crippen LogP contribution in [0.2, 0.25) is 0 Å². The summed E-state index contributed by atoms with van der Waals surface area (Å²) in [5, 5.41) is 53.8. The van der Waals surface area contributed by atoms with Gasteiger partial charge in [-0.25, -0.2) is 0 Å². The highest BCUT2D eigenvalue weighted by Gasteiger charge is 2.69. The van der Waals surface area contributed by atoms with E-state index < -0.39 is 40.8 Å². The monoisotopic (exact) mass is 392 g/mol. The lowest BCUT2D eigenvalue weighted by Crippen LogP contribution is -2.65. The lowest BCUT2D eigenvalue weighted by Gasteiger charge is -2.62. The van der Waals surface area contributed by atoms with Gasteiger partial charge in [0.1, 0.15) is 6.10 Å². The molecule has 0 saturated heterocycles. The van der Waals surface area contributed by atoms with Crippen molar-refractivity contribution in [3.63, 3.8) is 0 Å². The number of aliphatic hydroxyl groups excluding tert-OH is 3. The number of carbonyl (C=O) groups excluding carboxylic acids is 1. The summed E-state index contributed by atoms with van der Waals surface area (Å²) in [5.41, 5.74) is -3.42. The van der Waals surface area contributed by atoms with Crippen LogP contribution in [0.5, 0.6) is 0 Å². The van der Waals surface area contributed by atoms with Crippen LogP contribution in [0.25, 0.3) is 0 Å². The Morgan fingerprint density at radius 2 is 1.89 bits per heavy atom. The molecule has 0 aliphatic heterocycles. The predicted molar refractivity (Wildman–Crippen MR) is 102 cm³/mol. The van der Waals surface area contributed by atoms with Gasteiger partial charge in [0.15, 0.2) is 5.78 Å². The second-order valence-corrected chi connectivity index (χ2v) is 10.2. The van der Waals surface area contributed by atoms with Gasteiger partial charge < -0.3 is 25.5 Å². The number of aliphatic hydroxyl groups is 5. The maximum atomic E-state index is 12.0. The zero-order chi connectivity index (χ0) is 20.7. The molecule has 0 aromatic rings. The van der Waals surface area contributed by atoms with E-state index in [0.717, 1.165) is 0 Å². The maximum absolute atomic E-state index is 12.0. The Balaban J connectivity index is 1.81. The minimum Gasteiger partial charge on any atom is -0.394 e. The second-order valence-electron chi connectivity index (χ2n) is 10.2. The number of hydrogen-bond acceptors (Lipinski definition) is 6. The molecular formula is C22H32O6. The molecule has 4 aliphatic carbocycles. The predicted octanol–water partition coefficient (Wildman–Crippen LogP) is 0.710. The molecule has 156 valence electrons. The van der Waals surface area contributed by atoms with Crippen molar-refractivity contribution < 1.29 is 30.3 Å². The third-order valence-electron chi connectivity index (χ3n) is 8.76. The first-order valence-corrected chi connectivity index (χ1v) is 10.3. The normalized spacial score (nSPS) is 53.9. The van der Waals surface area contributed by atoms with Crippen LogP contribution in [0.15, 0.2) is 23.8 Å². The smallest absolute Gasteiger partial charge is 0.178 e. The van der Waals surface area contributed by atoms with Gasteiger partial charge in [-0.2, -0.15) is 0 Å². The van der Waals surface area contributed by atoms with E-state index in [-0.39, 0.29) is 23.5 Å². The molecule has 0 radical (unpaired) electrons. The Bertz CT molecular complexity index is 756. The van der Waals surface area contributed by atoms with E-state index in [1.54, 1.807) is 6.92 Å². The first-order valence-electron chi connectivity index (χ1n) is 10.3. The Hall–Kier alpha value is -1.05. The first-order chi connectivity index (χ1) is 12.9. The molecule has 9 atom stereocenters. The second kappa shape index (κ2) is 5.99. The summed E-state index contributed by atoms with van der Waals surface area (Å²) >= 11 is 0. The zero-order valence-electron chi connectivity index (χ0n) is 16.8. The molecule has 0 unspecified atom stereocenters. The van der Waals surface area contributed by atoms with E-state index in [1.807, 2.05) is 19.9 Å². The average molecular weight is 392 g/mol. The summed E-state index contributed by atoms with van der Waals surface area (Å²) < 4.78 is 0. The molecule has 0 spiro atoms. The third kappa shape index (κ3) is 2.36. The summed E-state index contributed by atoms with van der Waals surface area (Å²) in [6.45, 7) is 5.06. The fourth-order valence-electron chi connectivity index (χ4n) is 7.51. The van der Waals surface area contributed by atoms with Crippen molar-refractivity contribution in [3.8, 4) is 0 Å². The minimum absolute atomic E-state index is 0.0111. The Kier molecular flexibility index (Phi) is 4.33. The Morgan fingerprint density at radius 1 is 1.21 bits per heavy atom. The number of allylic oxidation sites excluding steroid dienone is 3. The molecule has 6 nitrogen and oxygen atoms in total. The molecule has 28 heavy (non-hydrogen) atoms. The standard InChI is InChI=1S/C22H32O6/c1-19-6-4-12(24)8-16(19)21(3,27)9-13-14-5-7-22(28,17(26)11-23)20(14,2)10-15(25)18(13)19/h4,6,8,13-15,17-18,23,25-28H,5,7,9-11H2,1-3H3/t13-,14-,15-,17-,18+,19-,20-,21+,22-/m0/s1. The van der Waals surface area contributed by atoms with Crippen molar-refractivity contribution in [2.24, 2.45) is 28.6 Å². The molecule has 0 bridgehead atoms. The highest BCUT2D eigenvalue weighted by Crippen LogP contribution is 2.68. The minimum atomic E-state index is -1.47. The lowest BCUT2D eigenvalue weighted by atomic mass is 9.44. The van der Waals surface area contributed by atoms with Gasteiger partial charge in [-0.3, -0.25) is 4.79 Å². The third-order valence-corrected chi connectivity index (χ3v) is 8.76. The van der Waals surface area contributed by atoms with Gasteiger partial charge in [-0.05, 0) is 62.2 Å². The highest BCUT2D eigenvalue weighted by molar-refractivity contribution is 6.01. The molecule has 0 heterocycles. The van der Waals surface area contributed by atoms with E-state index in [1.165, 1.54) is 12.2 Å². The molecule has 3 fully saturated rings.